The Kier molecular flexibility index (Phi) is 4.83. The predicted molar refractivity (Wildman–Crippen MR) is 68.9 cm³/mol. The van der Waals surface area contributed by atoms with E-state index in [0.717, 1.165) is 38.6 Å². The Bertz CT molecular complexity index is 226. The molecule has 2 aliphatic carbocycles. The van der Waals surface area contributed by atoms with Crippen molar-refractivity contribution in [1.82, 2.24) is 5.32 Å². The van der Waals surface area contributed by atoms with Crippen molar-refractivity contribution in [3.05, 3.63) is 0 Å². The van der Waals surface area contributed by atoms with Crippen LogP contribution in [-0.2, 0) is 0 Å². The molecule has 3 nitrogen and oxygen atoms in total. The number of hydrogen-bond donors (Lipinski definition) is 3. The lowest BCUT2D eigenvalue weighted by Gasteiger charge is -2.38. The monoisotopic (exact) mass is 241 g/mol. The van der Waals surface area contributed by atoms with Crippen LogP contribution < -0.4 is 5.32 Å². The van der Waals surface area contributed by atoms with E-state index in [9.17, 15) is 10.2 Å². The Balaban J connectivity index is 1.82. The van der Waals surface area contributed by atoms with E-state index in [1.165, 1.54) is 25.7 Å². The Morgan fingerprint density at radius 2 is 1.71 bits per heavy atom. The highest BCUT2D eigenvalue weighted by Crippen LogP contribution is 2.35. The zero-order valence-corrected chi connectivity index (χ0v) is 10.8. The van der Waals surface area contributed by atoms with Crippen LogP contribution in [0.25, 0.3) is 0 Å². The van der Waals surface area contributed by atoms with Gasteiger partial charge in [-0.1, -0.05) is 32.1 Å². The number of hydrogen-bond acceptors (Lipinski definition) is 3. The molecule has 0 heterocycles. The van der Waals surface area contributed by atoms with E-state index < -0.39 is 0 Å². The minimum absolute atomic E-state index is 0.0927. The van der Waals surface area contributed by atoms with Crippen LogP contribution in [0.15, 0.2) is 0 Å². The van der Waals surface area contributed by atoms with Gasteiger partial charge in [0, 0.05) is 24.6 Å². The Morgan fingerprint density at radius 1 is 1.00 bits per heavy atom. The third-order valence-electron chi connectivity index (χ3n) is 4.72. The Hall–Kier alpha value is -0.120. The van der Waals surface area contributed by atoms with Crippen LogP contribution in [0.1, 0.15) is 57.8 Å². The van der Waals surface area contributed by atoms with Crippen molar-refractivity contribution in [2.75, 3.05) is 13.2 Å². The van der Waals surface area contributed by atoms with Crippen LogP contribution in [0.5, 0.6) is 0 Å². The zero-order chi connectivity index (χ0) is 12.1. The topological polar surface area (TPSA) is 52.5 Å². The van der Waals surface area contributed by atoms with Crippen molar-refractivity contribution in [2.45, 2.75) is 69.9 Å². The van der Waals surface area contributed by atoms with Crippen molar-refractivity contribution in [2.24, 2.45) is 5.41 Å². The fraction of sp³-hybridized carbons (Fsp3) is 1.00. The maximum absolute atomic E-state index is 9.93. The second-order valence-electron chi connectivity index (χ2n) is 6.06. The average molecular weight is 241 g/mol. The molecule has 0 aromatic rings. The molecule has 2 fully saturated rings. The summed E-state index contributed by atoms with van der Waals surface area (Å²) in [6, 6.07) is 0.258. The second kappa shape index (κ2) is 6.17. The van der Waals surface area contributed by atoms with Gasteiger partial charge in [0.25, 0.3) is 0 Å². The van der Waals surface area contributed by atoms with Crippen LogP contribution in [0, 0.1) is 5.41 Å². The van der Waals surface area contributed by atoms with Crippen molar-refractivity contribution >= 4 is 0 Å². The third-order valence-corrected chi connectivity index (χ3v) is 4.72. The summed E-state index contributed by atoms with van der Waals surface area (Å²) in [5, 5.41) is 23.1. The average Bonchev–Trinajstić information content (AvgIpc) is 2.39. The van der Waals surface area contributed by atoms with Crippen LogP contribution in [0.3, 0.4) is 0 Å². The zero-order valence-electron chi connectivity index (χ0n) is 10.8. The molecule has 3 heteroatoms. The Labute approximate surface area is 105 Å². The van der Waals surface area contributed by atoms with E-state index in [2.05, 4.69) is 5.32 Å². The van der Waals surface area contributed by atoms with E-state index in [1.54, 1.807) is 0 Å². The molecule has 0 aromatic carbocycles. The number of nitrogens with one attached hydrogen (secondary N) is 1. The molecule has 100 valence electrons. The minimum atomic E-state index is -0.178. The van der Waals surface area contributed by atoms with Gasteiger partial charge < -0.3 is 15.5 Å². The summed E-state index contributed by atoms with van der Waals surface area (Å²) in [6.45, 7) is 1.17. The van der Waals surface area contributed by atoms with Gasteiger partial charge in [0.15, 0.2) is 0 Å². The molecule has 2 unspecified atom stereocenters. The van der Waals surface area contributed by atoms with Crippen LogP contribution >= 0.6 is 0 Å². The standard InChI is InChI=1S/C14H27NO2/c16-11-14(8-4-1-5-9-14)10-15-12-6-2-3-7-13(12)17/h12-13,15-17H,1-11H2. The molecule has 2 atom stereocenters. The molecule has 2 rings (SSSR count). The molecule has 17 heavy (non-hydrogen) atoms. The molecule has 2 aliphatic rings. The van der Waals surface area contributed by atoms with E-state index in [4.69, 9.17) is 0 Å². The van der Waals surface area contributed by atoms with Gasteiger partial charge in [0.2, 0.25) is 0 Å². The molecule has 0 aromatic heterocycles. The van der Waals surface area contributed by atoms with E-state index in [-0.39, 0.29) is 17.6 Å². The summed E-state index contributed by atoms with van der Waals surface area (Å²) in [4.78, 5) is 0. The van der Waals surface area contributed by atoms with Crippen molar-refractivity contribution in [3.8, 4) is 0 Å². The second-order valence-corrected chi connectivity index (χ2v) is 6.06. The van der Waals surface area contributed by atoms with Crippen LogP contribution in [0.2, 0.25) is 0 Å². The van der Waals surface area contributed by atoms with Crippen molar-refractivity contribution < 1.29 is 10.2 Å². The molecule has 0 saturated heterocycles. The lowest BCUT2D eigenvalue weighted by molar-refractivity contribution is 0.0519. The molecule has 0 radical (unpaired) electrons. The van der Waals surface area contributed by atoms with Crippen LogP contribution in [0.4, 0.5) is 0 Å². The maximum atomic E-state index is 9.93. The van der Waals surface area contributed by atoms with Crippen molar-refractivity contribution in [1.29, 1.82) is 0 Å². The third kappa shape index (κ3) is 3.43. The lowest BCUT2D eigenvalue weighted by Crippen LogP contribution is -2.48. The minimum Gasteiger partial charge on any atom is -0.396 e. The van der Waals surface area contributed by atoms with Gasteiger partial charge in [0.1, 0.15) is 0 Å². The smallest absolute Gasteiger partial charge is 0.0693 e. The van der Waals surface area contributed by atoms with Crippen molar-refractivity contribution in [3.63, 3.8) is 0 Å². The largest absolute Gasteiger partial charge is 0.396 e. The van der Waals surface area contributed by atoms with E-state index >= 15 is 0 Å². The number of rotatable bonds is 4. The lowest BCUT2D eigenvalue weighted by atomic mass is 9.74. The van der Waals surface area contributed by atoms with Gasteiger partial charge in [-0.3, -0.25) is 0 Å². The van der Waals surface area contributed by atoms with Crippen LogP contribution in [-0.4, -0.2) is 35.5 Å². The molecule has 3 N–H and O–H groups in total. The fourth-order valence-electron chi connectivity index (χ4n) is 3.39. The highest BCUT2D eigenvalue weighted by molar-refractivity contribution is 4.88. The maximum Gasteiger partial charge on any atom is 0.0693 e. The first-order chi connectivity index (χ1) is 8.26. The normalized spacial score (nSPS) is 33.5. The van der Waals surface area contributed by atoms with Gasteiger partial charge >= 0.3 is 0 Å². The molecule has 0 spiro atoms. The molecule has 2 saturated carbocycles. The summed E-state index contributed by atoms with van der Waals surface area (Å²) >= 11 is 0. The number of aliphatic hydroxyl groups is 2. The SMILES string of the molecule is OCC1(CNC2CCCCC2O)CCCCC1. The first kappa shape index (κ1) is 13.3. The number of aliphatic hydroxyl groups excluding tert-OH is 2. The molecule has 0 aliphatic heterocycles. The highest BCUT2D eigenvalue weighted by atomic mass is 16.3. The van der Waals surface area contributed by atoms with E-state index in [1.807, 2.05) is 0 Å². The fourth-order valence-corrected chi connectivity index (χ4v) is 3.39. The predicted octanol–water partition coefficient (Wildman–Crippen LogP) is 1.82. The molecular weight excluding hydrogens is 214 g/mol. The van der Waals surface area contributed by atoms with Gasteiger partial charge in [-0.2, -0.15) is 0 Å². The van der Waals surface area contributed by atoms with E-state index in [0.29, 0.717) is 6.61 Å². The first-order valence-electron chi connectivity index (χ1n) is 7.28. The quantitative estimate of drug-likeness (QED) is 0.704. The van der Waals surface area contributed by atoms with Gasteiger partial charge in [-0.15, -0.1) is 0 Å². The highest BCUT2D eigenvalue weighted by Gasteiger charge is 2.33. The van der Waals surface area contributed by atoms with Gasteiger partial charge in [-0.05, 0) is 25.7 Å². The van der Waals surface area contributed by atoms with Gasteiger partial charge in [0.05, 0.1) is 6.10 Å². The Morgan fingerprint density at radius 3 is 2.35 bits per heavy atom. The molecule has 0 bridgehead atoms. The summed E-state index contributed by atoms with van der Waals surface area (Å²) in [5.41, 5.74) is 0.0927. The molecular formula is C14H27NO2. The summed E-state index contributed by atoms with van der Waals surface area (Å²) in [6.07, 6.45) is 10.3. The molecule has 0 amide bonds. The van der Waals surface area contributed by atoms with Gasteiger partial charge in [-0.25, -0.2) is 0 Å². The summed E-state index contributed by atoms with van der Waals surface area (Å²) in [7, 11) is 0. The summed E-state index contributed by atoms with van der Waals surface area (Å²) in [5.74, 6) is 0. The first-order valence-corrected chi connectivity index (χ1v) is 7.28. The summed E-state index contributed by atoms with van der Waals surface area (Å²) < 4.78 is 0.